The standard InChI is InChI=1S/C12H21N3O3/c13-12(18)14-5-1-3-9(7-14)11(17)15-6-2-4-10(15)8-16/h9-10,16H,1-8H2,(H2,13,18)/t9?,10-/m0/s1. The van der Waals surface area contributed by atoms with Crippen molar-refractivity contribution in [2.45, 2.75) is 31.7 Å². The first kappa shape index (κ1) is 13.1. The fraction of sp³-hybridized carbons (Fsp3) is 0.833. The van der Waals surface area contributed by atoms with E-state index in [0.29, 0.717) is 13.1 Å². The molecule has 2 saturated heterocycles. The van der Waals surface area contributed by atoms with Crippen LogP contribution in [0.2, 0.25) is 0 Å². The van der Waals surface area contributed by atoms with Crippen molar-refractivity contribution in [2.75, 3.05) is 26.2 Å². The van der Waals surface area contributed by atoms with Crippen molar-refractivity contribution in [3.8, 4) is 0 Å². The first-order valence-corrected chi connectivity index (χ1v) is 6.59. The highest BCUT2D eigenvalue weighted by Gasteiger charge is 2.35. The first-order valence-electron chi connectivity index (χ1n) is 6.59. The Morgan fingerprint density at radius 2 is 1.94 bits per heavy atom. The van der Waals surface area contributed by atoms with Crippen molar-refractivity contribution in [3.05, 3.63) is 0 Å². The summed E-state index contributed by atoms with van der Waals surface area (Å²) in [6.07, 6.45) is 3.44. The maximum absolute atomic E-state index is 12.4. The van der Waals surface area contributed by atoms with Crippen LogP contribution in [0.3, 0.4) is 0 Å². The van der Waals surface area contributed by atoms with Crippen LogP contribution in [-0.4, -0.2) is 59.1 Å². The predicted octanol–water partition coefficient (Wildman–Crippen LogP) is -0.240. The van der Waals surface area contributed by atoms with E-state index in [1.807, 2.05) is 0 Å². The van der Waals surface area contributed by atoms with E-state index in [0.717, 1.165) is 32.2 Å². The quantitative estimate of drug-likeness (QED) is 0.714. The molecule has 3 N–H and O–H groups in total. The van der Waals surface area contributed by atoms with Gasteiger partial charge in [-0.25, -0.2) is 4.79 Å². The minimum atomic E-state index is -0.451. The van der Waals surface area contributed by atoms with Gasteiger partial charge in [0.2, 0.25) is 5.91 Å². The molecule has 3 amide bonds. The van der Waals surface area contributed by atoms with Gasteiger partial charge < -0.3 is 20.6 Å². The van der Waals surface area contributed by atoms with Crippen molar-refractivity contribution >= 4 is 11.9 Å². The van der Waals surface area contributed by atoms with Gasteiger partial charge in [-0.3, -0.25) is 4.79 Å². The molecule has 2 aliphatic rings. The van der Waals surface area contributed by atoms with Gasteiger partial charge in [-0.15, -0.1) is 0 Å². The van der Waals surface area contributed by atoms with Crippen LogP contribution < -0.4 is 5.73 Å². The molecule has 0 bridgehead atoms. The SMILES string of the molecule is NC(=O)N1CCCC(C(=O)N2CCC[C@H]2CO)C1. The van der Waals surface area contributed by atoms with Gasteiger partial charge in [0.25, 0.3) is 0 Å². The Labute approximate surface area is 107 Å². The zero-order chi connectivity index (χ0) is 13.1. The fourth-order valence-corrected chi connectivity index (χ4v) is 2.93. The Hall–Kier alpha value is -1.30. The average Bonchev–Trinajstić information content (AvgIpc) is 2.86. The zero-order valence-corrected chi connectivity index (χ0v) is 10.5. The molecule has 0 aromatic carbocycles. The number of urea groups is 1. The Morgan fingerprint density at radius 3 is 2.61 bits per heavy atom. The number of aliphatic hydroxyl groups excluding tert-OH is 1. The summed E-state index contributed by atoms with van der Waals surface area (Å²) in [4.78, 5) is 26.8. The molecule has 18 heavy (non-hydrogen) atoms. The lowest BCUT2D eigenvalue weighted by Crippen LogP contribution is -2.49. The van der Waals surface area contributed by atoms with Crippen molar-refractivity contribution in [1.82, 2.24) is 9.80 Å². The number of nitrogens with zero attached hydrogens (tertiary/aromatic N) is 2. The highest BCUT2D eigenvalue weighted by Crippen LogP contribution is 2.24. The van der Waals surface area contributed by atoms with E-state index in [1.54, 1.807) is 4.90 Å². The van der Waals surface area contributed by atoms with Crippen LogP contribution in [0.4, 0.5) is 4.79 Å². The third-order valence-corrected chi connectivity index (χ3v) is 3.95. The van der Waals surface area contributed by atoms with E-state index in [-0.39, 0.29) is 24.5 Å². The van der Waals surface area contributed by atoms with Gasteiger partial charge in [0.05, 0.1) is 18.6 Å². The van der Waals surface area contributed by atoms with Crippen LogP contribution in [0, 0.1) is 5.92 Å². The van der Waals surface area contributed by atoms with E-state index in [2.05, 4.69) is 0 Å². The molecule has 0 aliphatic carbocycles. The molecule has 0 aromatic rings. The summed E-state index contributed by atoms with van der Waals surface area (Å²) in [5.41, 5.74) is 5.26. The van der Waals surface area contributed by atoms with Crippen LogP contribution >= 0.6 is 0 Å². The van der Waals surface area contributed by atoms with Crippen LogP contribution in [0.1, 0.15) is 25.7 Å². The summed E-state index contributed by atoms with van der Waals surface area (Å²) < 4.78 is 0. The number of rotatable bonds is 2. The lowest BCUT2D eigenvalue weighted by Gasteiger charge is -2.34. The van der Waals surface area contributed by atoms with Gasteiger partial charge in [-0.2, -0.15) is 0 Å². The molecule has 0 spiro atoms. The number of primary amides is 1. The van der Waals surface area contributed by atoms with Gasteiger partial charge in [0, 0.05) is 19.6 Å². The Bertz CT molecular complexity index is 335. The maximum Gasteiger partial charge on any atom is 0.314 e. The number of hydrogen-bond donors (Lipinski definition) is 2. The maximum atomic E-state index is 12.4. The first-order chi connectivity index (χ1) is 8.63. The molecule has 1 unspecified atom stereocenters. The Kier molecular flexibility index (Phi) is 4.06. The summed E-state index contributed by atoms with van der Waals surface area (Å²) in [6, 6.07) is -0.492. The summed E-state index contributed by atoms with van der Waals surface area (Å²) in [7, 11) is 0. The Morgan fingerprint density at radius 1 is 1.22 bits per heavy atom. The molecule has 6 heteroatoms. The number of hydrogen-bond acceptors (Lipinski definition) is 3. The number of carbonyl (C=O) groups excluding carboxylic acids is 2. The molecule has 2 rings (SSSR count). The second-order valence-electron chi connectivity index (χ2n) is 5.13. The molecular weight excluding hydrogens is 234 g/mol. The normalized spacial score (nSPS) is 28.5. The van der Waals surface area contributed by atoms with Gasteiger partial charge in [0.15, 0.2) is 0 Å². The molecule has 2 aliphatic heterocycles. The van der Waals surface area contributed by atoms with Crippen LogP contribution in [-0.2, 0) is 4.79 Å². The number of nitrogens with two attached hydrogens (primary N) is 1. The minimum Gasteiger partial charge on any atom is -0.394 e. The van der Waals surface area contributed by atoms with E-state index < -0.39 is 6.03 Å². The third kappa shape index (κ3) is 2.58. The highest BCUT2D eigenvalue weighted by atomic mass is 16.3. The number of amides is 3. The number of carbonyl (C=O) groups is 2. The van der Waals surface area contributed by atoms with Crippen LogP contribution in [0.15, 0.2) is 0 Å². The molecule has 6 nitrogen and oxygen atoms in total. The second-order valence-corrected chi connectivity index (χ2v) is 5.13. The Balaban J connectivity index is 1.98. The summed E-state index contributed by atoms with van der Waals surface area (Å²) in [5, 5.41) is 9.25. The van der Waals surface area contributed by atoms with Gasteiger partial charge in [-0.05, 0) is 25.7 Å². The molecule has 2 atom stereocenters. The summed E-state index contributed by atoms with van der Waals surface area (Å²) in [5.74, 6) is -0.0871. The molecule has 2 heterocycles. The average molecular weight is 255 g/mol. The minimum absolute atomic E-state index is 0.0258. The largest absolute Gasteiger partial charge is 0.394 e. The van der Waals surface area contributed by atoms with Gasteiger partial charge in [0.1, 0.15) is 0 Å². The summed E-state index contributed by atoms with van der Waals surface area (Å²) in [6.45, 7) is 1.81. The van der Waals surface area contributed by atoms with Crippen molar-refractivity contribution in [2.24, 2.45) is 11.7 Å². The van der Waals surface area contributed by atoms with Crippen molar-refractivity contribution < 1.29 is 14.7 Å². The fourth-order valence-electron chi connectivity index (χ4n) is 2.93. The van der Waals surface area contributed by atoms with Crippen LogP contribution in [0.5, 0.6) is 0 Å². The number of piperidine rings is 1. The van der Waals surface area contributed by atoms with E-state index in [9.17, 15) is 14.7 Å². The van der Waals surface area contributed by atoms with E-state index >= 15 is 0 Å². The zero-order valence-electron chi connectivity index (χ0n) is 10.5. The monoisotopic (exact) mass is 255 g/mol. The predicted molar refractivity (Wildman–Crippen MR) is 65.7 cm³/mol. The lowest BCUT2D eigenvalue weighted by atomic mass is 9.96. The number of aliphatic hydroxyl groups is 1. The molecule has 0 saturated carbocycles. The third-order valence-electron chi connectivity index (χ3n) is 3.95. The van der Waals surface area contributed by atoms with E-state index in [4.69, 9.17) is 5.73 Å². The summed E-state index contributed by atoms with van der Waals surface area (Å²) >= 11 is 0. The second kappa shape index (κ2) is 5.56. The molecule has 0 radical (unpaired) electrons. The molecular formula is C12H21N3O3. The van der Waals surface area contributed by atoms with E-state index in [1.165, 1.54) is 4.90 Å². The lowest BCUT2D eigenvalue weighted by molar-refractivity contribution is -0.138. The molecule has 2 fully saturated rings. The van der Waals surface area contributed by atoms with Crippen molar-refractivity contribution in [1.29, 1.82) is 0 Å². The van der Waals surface area contributed by atoms with Crippen LogP contribution in [0.25, 0.3) is 0 Å². The van der Waals surface area contributed by atoms with Gasteiger partial charge >= 0.3 is 6.03 Å². The van der Waals surface area contributed by atoms with Gasteiger partial charge in [-0.1, -0.05) is 0 Å². The van der Waals surface area contributed by atoms with Crippen molar-refractivity contribution in [3.63, 3.8) is 0 Å². The smallest absolute Gasteiger partial charge is 0.314 e. The number of likely N-dealkylation sites (tertiary alicyclic amines) is 2. The topological polar surface area (TPSA) is 86.9 Å². The molecule has 0 aromatic heterocycles. The molecule has 102 valence electrons. The highest BCUT2D eigenvalue weighted by molar-refractivity contribution is 5.81.